The second-order valence-electron chi connectivity index (χ2n) is 8.10. The summed E-state index contributed by atoms with van der Waals surface area (Å²) in [6.45, 7) is 4.56. The number of aliphatic hydroxyl groups is 1. The monoisotopic (exact) mass is 423 g/mol. The summed E-state index contributed by atoms with van der Waals surface area (Å²) < 4.78 is 5.29. The van der Waals surface area contributed by atoms with E-state index in [-0.39, 0.29) is 18.4 Å². The predicted octanol–water partition coefficient (Wildman–Crippen LogP) is 1.31. The van der Waals surface area contributed by atoms with Crippen LogP contribution in [0.25, 0.3) is 0 Å². The van der Waals surface area contributed by atoms with Crippen molar-refractivity contribution in [1.82, 2.24) is 15.1 Å². The number of carbonyl (C=O) groups is 2. The van der Waals surface area contributed by atoms with Crippen molar-refractivity contribution >= 4 is 11.8 Å². The number of fused-ring (bicyclic) bond motifs is 1. The lowest BCUT2D eigenvalue weighted by Crippen LogP contribution is -2.42. The number of hydrogen-bond donors (Lipinski definition) is 2. The zero-order valence-corrected chi connectivity index (χ0v) is 17.6. The summed E-state index contributed by atoms with van der Waals surface area (Å²) in [7, 11) is 0. The molecule has 164 valence electrons. The van der Waals surface area contributed by atoms with Gasteiger partial charge in [-0.2, -0.15) is 0 Å². The number of morpholine rings is 1. The summed E-state index contributed by atoms with van der Waals surface area (Å²) in [5.41, 5.74) is 3.57. The van der Waals surface area contributed by atoms with Crippen LogP contribution in [0.5, 0.6) is 0 Å². The van der Waals surface area contributed by atoms with E-state index in [0.29, 0.717) is 44.0 Å². The number of nitrogens with zero attached hydrogens (tertiary/aromatic N) is 2. The molecule has 2 aromatic carbocycles. The molecule has 2 aliphatic heterocycles. The van der Waals surface area contributed by atoms with Gasteiger partial charge in [0, 0.05) is 50.4 Å². The first-order valence-electron chi connectivity index (χ1n) is 10.8. The number of aliphatic hydroxyl groups excluding tert-OH is 1. The third kappa shape index (κ3) is 5.50. The predicted molar refractivity (Wildman–Crippen MR) is 117 cm³/mol. The van der Waals surface area contributed by atoms with E-state index in [4.69, 9.17) is 4.74 Å². The fourth-order valence-electron chi connectivity index (χ4n) is 4.13. The molecule has 2 heterocycles. The van der Waals surface area contributed by atoms with Gasteiger partial charge in [-0.1, -0.05) is 30.3 Å². The second kappa shape index (κ2) is 10.0. The van der Waals surface area contributed by atoms with Gasteiger partial charge in [-0.15, -0.1) is 0 Å². The van der Waals surface area contributed by atoms with E-state index in [9.17, 15) is 14.7 Å². The van der Waals surface area contributed by atoms with Crippen molar-refractivity contribution in [2.24, 2.45) is 0 Å². The summed E-state index contributed by atoms with van der Waals surface area (Å²) in [6, 6.07) is 15.1. The van der Waals surface area contributed by atoms with Gasteiger partial charge >= 0.3 is 0 Å². The number of rotatable bonds is 6. The SMILES string of the molecule is O=C(NCC(O)CN1CCc2ccccc2C1)c1cccc(C(=O)N2CCOCC2)c1. The zero-order valence-electron chi connectivity index (χ0n) is 17.6. The molecule has 0 saturated carbocycles. The summed E-state index contributed by atoms with van der Waals surface area (Å²) in [4.78, 5) is 29.2. The first-order valence-corrected chi connectivity index (χ1v) is 10.8. The van der Waals surface area contributed by atoms with E-state index in [1.165, 1.54) is 11.1 Å². The first-order chi connectivity index (χ1) is 15.1. The number of ether oxygens (including phenoxy) is 1. The molecule has 2 aliphatic rings. The largest absolute Gasteiger partial charge is 0.390 e. The van der Waals surface area contributed by atoms with E-state index < -0.39 is 6.10 Å². The van der Waals surface area contributed by atoms with Crippen molar-refractivity contribution in [3.8, 4) is 0 Å². The number of nitrogens with one attached hydrogen (secondary N) is 1. The Balaban J connectivity index is 1.28. The zero-order chi connectivity index (χ0) is 21.6. The average molecular weight is 424 g/mol. The lowest BCUT2D eigenvalue weighted by Gasteiger charge is -2.30. The minimum Gasteiger partial charge on any atom is -0.390 e. The molecule has 0 bridgehead atoms. The Labute approximate surface area is 182 Å². The molecule has 0 spiro atoms. The molecule has 4 rings (SSSR count). The first kappa shape index (κ1) is 21.5. The number of carbonyl (C=O) groups excluding carboxylic acids is 2. The van der Waals surface area contributed by atoms with Gasteiger partial charge in [0.15, 0.2) is 0 Å². The van der Waals surface area contributed by atoms with E-state index in [1.807, 2.05) is 6.07 Å². The van der Waals surface area contributed by atoms with Crippen LogP contribution in [0.1, 0.15) is 31.8 Å². The van der Waals surface area contributed by atoms with Gasteiger partial charge in [0.2, 0.25) is 0 Å². The Hall–Kier alpha value is -2.74. The third-order valence-corrected chi connectivity index (χ3v) is 5.85. The highest BCUT2D eigenvalue weighted by Gasteiger charge is 2.21. The highest BCUT2D eigenvalue weighted by Crippen LogP contribution is 2.18. The van der Waals surface area contributed by atoms with Gasteiger partial charge in [-0.25, -0.2) is 0 Å². The molecular weight excluding hydrogens is 394 g/mol. The molecule has 1 fully saturated rings. The number of hydrogen-bond acceptors (Lipinski definition) is 5. The molecule has 31 heavy (non-hydrogen) atoms. The maximum atomic E-state index is 12.6. The van der Waals surface area contributed by atoms with Crippen molar-refractivity contribution in [2.45, 2.75) is 19.1 Å². The fourth-order valence-corrected chi connectivity index (χ4v) is 4.13. The van der Waals surface area contributed by atoms with Crippen LogP contribution in [-0.4, -0.2) is 78.8 Å². The molecule has 0 radical (unpaired) electrons. The van der Waals surface area contributed by atoms with Crippen molar-refractivity contribution in [3.05, 3.63) is 70.8 Å². The van der Waals surface area contributed by atoms with Crippen LogP contribution in [0, 0.1) is 0 Å². The van der Waals surface area contributed by atoms with Crippen LogP contribution < -0.4 is 5.32 Å². The van der Waals surface area contributed by atoms with Gasteiger partial charge in [0.25, 0.3) is 11.8 Å². The van der Waals surface area contributed by atoms with Crippen molar-refractivity contribution < 1.29 is 19.4 Å². The van der Waals surface area contributed by atoms with Gasteiger partial charge < -0.3 is 20.1 Å². The summed E-state index contributed by atoms with van der Waals surface area (Å²) >= 11 is 0. The van der Waals surface area contributed by atoms with Crippen LogP contribution in [0.2, 0.25) is 0 Å². The van der Waals surface area contributed by atoms with E-state index in [1.54, 1.807) is 29.2 Å². The number of benzene rings is 2. The topological polar surface area (TPSA) is 82.1 Å². The van der Waals surface area contributed by atoms with Crippen LogP contribution >= 0.6 is 0 Å². The standard InChI is InChI=1S/C24H29N3O4/c28-22(17-26-9-8-18-4-1-2-5-21(18)16-26)15-25-23(29)19-6-3-7-20(14-19)24(30)27-10-12-31-13-11-27/h1-7,14,22,28H,8-13,15-17H2,(H,25,29). The van der Waals surface area contributed by atoms with Crippen LogP contribution in [0.4, 0.5) is 0 Å². The molecule has 7 heteroatoms. The summed E-state index contributed by atoms with van der Waals surface area (Å²) in [5.74, 6) is -0.386. The molecule has 1 unspecified atom stereocenters. The molecule has 1 saturated heterocycles. The van der Waals surface area contributed by atoms with Crippen LogP contribution in [0.3, 0.4) is 0 Å². The molecule has 1 atom stereocenters. The van der Waals surface area contributed by atoms with Gasteiger partial charge in [-0.3, -0.25) is 14.5 Å². The smallest absolute Gasteiger partial charge is 0.254 e. The molecule has 0 aliphatic carbocycles. The van der Waals surface area contributed by atoms with Gasteiger partial charge in [-0.05, 0) is 35.7 Å². The Morgan fingerprint density at radius 2 is 1.74 bits per heavy atom. The Morgan fingerprint density at radius 3 is 2.55 bits per heavy atom. The van der Waals surface area contributed by atoms with Crippen molar-refractivity contribution in [2.75, 3.05) is 45.9 Å². The lowest BCUT2D eigenvalue weighted by atomic mass is 10.00. The van der Waals surface area contributed by atoms with E-state index in [2.05, 4.69) is 28.4 Å². The number of β-amino-alcohol motifs (C(OH)–C–C–N with tert-alkyl or cyclic N) is 1. The van der Waals surface area contributed by atoms with E-state index >= 15 is 0 Å². The minimum atomic E-state index is -0.660. The van der Waals surface area contributed by atoms with Crippen molar-refractivity contribution in [3.63, 3.8) is 0 Å². The molecular formula is C24H29N3O4. The Kier molecular flexibility index (Phi) is 6.96. The third-order valence-electron chi connectivity index (χ3n) is 5.85. The summed E-state index contributed by atoms with van der Waals surface area (Å²) in [5, 5.41) is 13.2. The average Bonchev–Trinajstić information content (AvgIpc) is 2.82. The lowest BCUT2D eigenvalue weighted by molar-refractivity contribution is 0.0303. The summed E-state index contributed by atoms with van der Waals surface area (Å²) in [6.07, 6.45) is 0.312. The fraction of sp³-hybridized carbons (Fsp3) is 0.417. The normalized spacial score (nSPS) is 17.6. The van der Waals surface area contributed by atoms with Gasteiger partial charge in [0.1, 0.15) is 0 Å². The second-order valence-corrected chi connectivity index (χ2v) is 8.10. The van der Waals surface area contributed by atoms with Crippen molar-refractivity contribution in [1.29, 1.82) is 0 Å². The Bertz CT molecular complexity index is 927. The molecule has 0 aromatic heterocycles. The quantitative estimate of drug-likeness (QED) is 0.732. The minimum absolute atomic E-state index is 0.0941. The van der Waals surface area contributed by atoms with Crippen LogP contribution in [-0.2, 0) is 17.7 Å². The van der Waals surface area contributed by atoms with Crippen LogP contribution in [0.15, 0.2) is 48.5 Å². The number of amides is 2. The molecule has 7 nitrogen and oxygen atoms in total. The van der Waals surface area contributed by atoms with Gasteiger partial charge in [0.05, 0.1) is 19.3 Å². The highest BCUT2D eigenvalue weighted by molar-refractivity contribution is 5.99. The maximum Gasteiger partial charge on any atom is 0.254 e. The molecule has 2 aromatic rings. The maximum absolute atomic E-state index is 12.6. The van der Waals surface area contributed by atoms with E-state index in [0.717, 1.165) is 19.5 Å². The highest BCUT2D eigenvalue weighted by atomic mass is 16.5. The Morgan fingerprint density at radius 1 is 1.00 bits per heavy atom. The molecule has 2 N–H and O–H groups in total. The molecule has 2 amide bonds.